The van der Waals surface area contributed by atoms with Gasteiger partial charge in [-0.1, -0.05) is 6.92 Å². The highest BCUT2D eigenvalue weighted by molar-refractivity contribution is 7.92. The molecule has 110 valence electrons. The molecule has 2 N–H and O–H groups in total. The van der Waals surface area contributed by atoms with Crippen LogP contribution >= 0.6 is 0 Å². The van der Waals surface area contributed by atoms with Crippen LogP contribution in [0.4, 0.5) is 11.4 Å². The van der Waals surface area contributed by atoms with Gasteiger partial charge in [0.15, 0.2) is 0 Å². The van der Waals surface area contributed by atoms with Crippen molar-refractivity contribution in [2.24, 2.45) is 0 Å². The van der Waals surface area contributed by atoms with Gasteiger partial charge in [0.2, 0.25) is 10.0 Å². The third-order valence-corrected chi connectivity index (χ3v) is 3.30. The molecule has 0 bridgehead atoms. The standard InChI is InChI=1S/C13H19N3O3S/c1-4-10(7-8-14)15-12-9-11(16-20(3,17)18)5-6-13(12)19-2/h5-6,9-10,15-16H,4,7H2,1-3H3. The molecule has 0 amide bonds. The number of methoxy groups -OCH3 is 1. The van der Waals surface area contributed by atoms with E-state index in [4.69, 9.17) is 10.00 Å². The molecule has 0 spiro atoms. The Morgan fingerprint density at radius 3 is 2.65 bits per heavy atom. The lowest BCUT2D eigenvalue weighted by atomic mass is 10.1. The minimum Gasteiger partial charge on any atom is -0.495 e. The molecule has 0 heterocycles. The molecule has 6 nitrogen and oxygen atoms in total. The third-order valence-electron chi connectivity index (χ3n) is 2.69. The highest BCUT2D eigenvalue weighted by atomic mass is 32.2. The Bertz CT molecular complexity index is 593. The normalized spacial score (nSPS) is 12.3. The maximum atomic E-state index is 11.2. The van der Waals surface area contributed by atoms with Gasteiger partial charge < -0.3 is 10.1 Å². The predicted octanol–water partition coefficient (Wildman–Crippen LogP) is 2.17. The second kappa shape index (κ2) is 7.01. The summed E-state index contributed by atoms with van der Waals surface area (Å²) in [5.74, 6) is 0.598. The Balaban J connectivity index is 3.02. The van der Waals surface area contributed by atoms with E-state index in [1.54, 1.807) is 18.2 Å². The van der Waals surface area contributed by atoms with Crippen LogP contribution in [0, 0.1) is 11.3 Å². The SMILES string of the molecule is CCC(CC#N)Nc1cc(NS(C)(=O)=O)ccc1OC. The number of hydrogen-bond acceptors (Lipinski definition) is 5. The summed E-state index contributed by atoms with van der Waals surface area (Å²) in [6, 6.07) is 7.05. The highest BCUT2D eigenvalue weighted by Crippen LogP contribution is 2.29. The Kier molecular flexibility index (Phi) is 5.65. The minimum absolute atomic E-state index is 0.0117. The topological polar surface area (TPSA) is 91.2 Å². The lowest BCUT2D eigenvalue weighted by Crippen LogP contribution is -2.18. The van der Waals surface area contributed by atoms with E-state index in [0.29, 0.717) is 23.5 Å². The number of nitrogens with one attached hydrogen (secondary N) is 2. The maximum absolute atomic E-state index is 11.2. The van der Waals surface area contributed by atoms with Crippen LogP contribution in [0.15, 0.2) is 18.2 Å². The van der Waals surface area contributed by atoms with Gasteiger partial charge in [-0.05, 0) is 24.6 Å². The summed E-state index contributed by atoms with van der Waals surface area (Å²) in [4.78, 5) is 0. The molecule has 1 rings (SSSR count). The van der Waals surface area contributed by atoms with E-state index in [-0.39, 0.29) is 6.04 Å². The molecule has 1 aromatic rings. The number of nitrogens with zero attached hydrogens (tertiary/aromatic N) is 1. The van der Waals surface area contributed by atoms with E-state index in [1.807, 2.05) is 6.92 Å². The average Bonchev–Trinajstić information content (AvgIpc) is 2.36. The fraction of sp³-hybridized carbons (Fsp3) is 0.462. The second-order valence-corrected chi connectivity index (χ2v) is 6.15. The molecule has 0 aliphatic heterocycles. The third kappa shape index (κ3) is 4.97. The number of benzene rings is 1. The molecule has 0 aliphatic carbocycles. The number of anilines is 2. The lowest BCUT2D eigenvalue weighted by Gasteiger charge is -2.18. The highest BCUT2D eigenvalue weighted by Gasteiger charge is 2.11. The van der Waals surface area contributed by atoms with Crippen LogP contribution in [0.2, 0.25) is 0 Å². The molecule has 0 aliphatic rings. The van der Waals surface area contributed by atoms with Crippen molar-refractivity contribution in [3.8, 4) is 11.8 Å². The van der Waals surface area contributed by atoms with E-state index < -0.39 is 10.0 Å². The zero-order valence-corrected chi connectivity index (χ0v) is 12.6. The molecule has 7 heteroatoms. The number of rotatable bonds is 7. The van der Waals surface area contributed by atoms with Crippen molar-refractivity contribution in [1.29, 1.82) is 5.26 Å². The first-order valence-corrected chi connectivity index (χ1v) is 8.08. The first-order chi connectivity index (χ1) is 9.39. The summed E-state index contributed by atoms with van der Waals surface area (Å²) >= 11 is 0. The van der Waals surface area contributed by atoms with Crippen LogP contribution in [0.1, 0.15) is 19.8 Å². The quantitative estimate of drug-likeness (QED) is 0.805. The van der Waals surface area contributed by atoms with Gasteiger partial charge in [0.05, 0.1) is 37.2 Å². The maximum Gasteiger partial charge on any atom is 0.229 e. The van der Waals surface area contributed by atoms with Crippen LogP contribution < -0.4 is 14.8 Å². The molecule has 20 heavy (non-hydrogen) atoms. The summed E-state index contributed by atoms with van der Waals surface area (Å²) in [5.41, 5.74) is 1.10. The van der Waals surface area contributed by atoms with Gasteiger partial charge in [0, 0.05) is 6.04 Å². The molecular formula is C13H19N3O3S. The first kappa shape index (κ1) is 16.1. The van der Waals surface area contributed by atoms with Gasteiger partial charge in [-0.15, -0.1) is 0 Å². The summed E-state index contributed by atoms with van der Waals surface area (Å²) < 4.78 is 30.1. The smallest absolute Gasteiger partial charge is 0.229 e. The Morgan fingerprint density at radius 1 is 1.45 bits per heavy atom. The van der Waals surface area contributed by atoms with Crippen molar-refractivity contribution in [2.75, 3.05) is 23.4 Å². The molecule has 0 radical (unpaired) electrons. The number of nitriles is 1. The van der Waals surface area contributed by atoms with Crippen molar-refractivity contribution in [2.45, 2.75) is 25.8 Å². The molecule has 1 unspecified atom stereocenters. The van der Waals surface area contributed by atoms with Gasteiger partial charge in [-0.2, -0.15) is 5.26 Å². The Hall–Kier alpha value is -1.94. The minimum atomic E-state index is -3.33. The number of hydrogen-bond donors (Lipinski definition) is 2. The molecule has 0 saturated carbocycles. The summed E-state index contributed by atoms with van der Waals surface area (Å²) in [5, 5.41) is 12.0. The van der Waals surface area contributed by atoms with Gasteiger partial charge in [0.25, 0.3) is 0 Å². The van der Waals surface area contributed by atoms with Crippen molar-refractivity contribution >= 4 is 21.4 Å². The van der Waals surface area contributed by atoms with Gasteiger partial charge in [-0.3, -0.25) is 4.72 Å². The van der Waals surface area contributed by atoms with Crippen LogP contribution in [-0.2, 0) is 10.0 Å². The fourth-order valence-electron chi connectivity index (χ4n) is 1.73. The molecule has 0 saturated heterocycles. The largest absolute Gasteiger partial charge is 0.495 e. The molecule has 1 atom stereocenters. The van der Waals surface area contributed by atoms with Crippen molar-refractivity contribution < 1.29 is 13.2 Å². The second-order valence-electron chi connectivity index (χ2n) is 4.40. The molecular weight excluding hydrogens is 278 g/mol. The average molecular weight is 297 g/mol. The van der Waals surface area contributed by atoms with Crippen LogP contribution in [-0.4, -0.2) is 27.8 Å². The summed E-state index contributed by atoms with van der Waals surface area (Å²) in [6.07, 6.45) is 2.23. The summed E-state index contributed by atoms with van der Waals surface area (Å²) in [6.45, 7) is 1.97. The van der Waals surface area contributed by atoms with Crippen LogP contribution in [0.25, 0.3) is 0 Å². The molecule has 0 aromatic heterocycles. The zero-order valence-electron chi connectivity index (χ0n) is 11.8. The van der Waals surface area contributed by atoms with Gasteiger partial charge in [-0.25, -0.2) is 8.42 Å². The van der Waals surface area contributed by atoms with Crippen molar-refractivity contribution in [3.63, 3.8) is 0 Å². The Labute approximate surface area is 119 Å². The van der Waals surface area contributed by atoms with E-state index >= 15 is 0 Å². The molecule has 1 aromatic carbocycles. The summed E-state index contributed by atoms with van der Waals surface area (Å²) in [7, 11) is -1.79. The van der Waals surface area contributed by atoms with E-state index in [2.05, 4.69) is 16.1 Å². The van der Waals surface area contributed by atoms with E-state index in [0.717, 1.165) is 12.7 Å². The van der Waals surface area contributed by atoms with Crippen molar-refractivity contribution in [1.82, 2.24) is 0 Å². The monoisotopic (exact) mass is 297 g/mol. The van der Waals surface area contributed by atoms with Crippen molar-refractivity contribution in [3.05, 3.63) is 18.2 Å². The predicted molar refractivity (Wildman–Crippen MR) is 79.4 cm³/mol. The van der Waals surface area contributed by atoms with Crippen LogP contribution in [0.5, 0.6) is 5.75 Å². The fourth-order valence-corrected chi connectivity index (χ4v) is 2.28. The zero-order chi connectivity index (χ0) is 15.2. The van der Waals surface area contributed by atoms with E-state index in [1.165, 1.54) is 7.11 Å². The number of sulfonamides is 1. The van der Waals surface area contributed by atoms with Gasteiger partial charge in [0.1, 0.15) is 5.75 Å². The molecule has 0 fully saturated rings. The van der Waals surface area contributed by atoms with Crippen LogP contribution in [0.3, 0.4) is 0 Å². The number of ether oxygens (including phenoxy) is 1. The Morgan fingerprint density at radius 2 is 2.15 bits per heavy atom. The van der Waals surface area contributed by atoms with E-state index in [9.17, 15) is 8.42 Å². The van der Waals surface area contributed by atoms with Gasteiger partial charge >= 0.3 is 0 Å². The first-order valence-electron chi connectivity index (χ1n) is 6.19. The lowest BCUT2D eigenvalue weighted by molar-refractivity contribution is 0.416.